The van der Waals surface area contributed by atoms with Gasteiger partial charge in [0.05, 0.1) is 5.97 Å². The van der Waals surface area contributed by atoms with Crippen molar-refractivity contribution in [2.24, 2.45) is 0 Å². The topological polar surface area (TPSA) is 43.4 Å². The number of rotatable bonds is 33. The number of carbonyl (C=O) groups excluding carboxylic acids is 1. The quantitative estimate of drug-likeness (QED) is 0.0580. The molecule has 0 radical (unpaired) electrons. The third-order valence-electron chi connectivity index (χ3n) is 8.64. The van der Waals surface area contributed by atoms with Crippen LogP contribution in [0.4, 0.5) is 0 Å². The first-order chi connectivity index (χ1) is 19.2. The maximum absolute atomic E-state index is 12.0. The van der Waals surface area contributed by atoms with Gasteiger partial charge >= 0.3 is 51.4 Å². The Hall–Kier alpha value is 1.07. The molecular weight excluding hydrogens is 517 g/mol. The van der Waals surface area contributed by atoms with Crippen LogP contribution >= 0.6 is 0 Å². The number of carbonyl (C=O) groups is 1. The van der Waals surface area contributed by atoms with E-state index in [4.69, 9.17) is 0 Å². The van der Waals surface area contributed by atoms with Gasteiger partial charge in [0.25, 0.3) is 0 Å². The molecule has 3 nitrogen and oxygen atoms in total. The van der Waals surface area contributed by atoms with Gasteiger partial charge in [0.15, 0.2) is 0 Å². The minimum atomic E-state index is -0.854. The molecule has 1 unspecified atom stereocenters. The third-order valence-corrected chi connectivity index (χ3v) is 8.64. The van der Waals surface area contributed by atoms with Gasteiger partial charge in [0, 0.05) is 6.04 Å². The predicted octanol–water partition coefficient (Wildman–Crippen LogP) is 7.78. The maximum Gasteiger partial charge on any atom is 1.00 e. The van der Waals surface area contributed by atoms with Crippen molar-refractivity contribution in [2.75, 3.05) is 13.1 Å². The number of hydrogen-bond acceptors (Lipinski definition) is 3. The zero-order valence-corrected chi connectivity index (χ0v) is 31.4. The van der Waals surface area contributed by atoms with E-state index in [1.54, 1.807) is 0 Å². The van der Waals surface area contributed by atoms with Crippen molar-refractivity contribution < 1.29 is 61.3 Å². The normalized spacial score (nSPS) is 12.1. The van der Waals surface area contributed by atoms with Crippen molar-refractivity contribution in [1.29, 1.82) is 0 Å². The number of aliphatic carboxylic acids is 1. The van der Waals surface area contributed by atoms with Gasteiger partial charge in [-0.25, -0.2) is 0 Å². The van der Waals surface area contributed by atoms with Crippen molar-refractivity contribution >= 4 is 5.97 Å². The molecule has 0 aromatic heterocycles. The van der Waals surface area contributed by atoms with Gasteiger partial charge in [0.1, 0.15) is 0 Å². The van der Waals surface area contributed by atoms with Crippen molar-refractivity contribution in [3.8, 4) is 0 Å². The van der Waals surface area contributed by atoms with E-state index in [-0.39, 0.29) is 57.4 Å². The molecule has 0 aromatic rings. The molecule has 40 heavy (non-hydrogen) atoms. The molecule has 1 atom stereocenters. The fourth-order valence-corrected chi connectivity index (χ4v) is 5.94. The molecule has 234 valence electrons. The van der Waals surface area contributed by atoms with Crippen LogP contribution in [0, 0.1) is 0 Å². The molecule has 0 rings (SSSR count). The van der Waals surface area contributed by atoms with Crippen LogP contribution in [0.5, 0.6) is 0 Å². The Bertz CT molecular complexity index is 457. The van der Waals surface area contributed by atoms with Crippen LogP contribution in [0.3, 0.4) is 0 Å². The number of carboxylic acids is 1. The van der Waals surface area contributed by atoms with Crippen LogP contribution < -0.4 is 56.5 Å². The average Bonchev–Trinajstić information content (AvgIpc) is 2.93. The monoisotopic (exact) mass is 590 g/mol. The van der Waals surface area contributed by atoms with Gasteiger partial charge in [-0.2, -0.15) is 0 Å². The maximum atomic E-state index is 12.0. The molecule has 0 aliphatic rings. The molecule has 0 aromatic carbocycles. The molecule has 0 heterocycles. The second-order valence-electron chi connectivity index (χ2n) is 12.5. The SMILES string of the molecule is CCCCCCCCCCCCCCCN(CCCCCCCCCCCCCCC)C(CCCC)C(=O)[O-].[K+]. The minimum Gasteiger partial charge on any atom is -0.548 e. The first-order valence-electron chi connectivity index (χ1n) is 18.1. The van der Waals surface area contributed by atoms with E-state index in [1.807, 2.05) is 0 Å². The summed E-state index contributed by atoms with van der Waals surface area (Å²) in [7, 11) is 0. The summed E-state index contributed by atoms with van der Waals surface area (Å²) in [5, 5.41) is 12.0. The molecule has 0 aliphatic carbocycles. The molecule has 0 spiro atoms. The van der Waals surface area contributed by atoms with Crippen LogP contribution in [0.15, 0.2) is 0 Å². The Labute approximate surface area is 295 Å². The molecule has 0 aliphatic heterocycles. The molecule has 4 heteroatoms. The third kappa shape index (κ3) is 30.5. The Morgan fingerprint density at radius 1 is 0.450 bits per heavy atom. The van der Waals surface area contributed by atoms with Crippen LogP contribution in [0.1, 0.15) is 207 Å². The number of hydrogen-bond donors (Lipinski definition) is 0. The van der Waals surface area contributed by atoms with E-state index in [0.717, 1.165) is 45.2 Å². The van der Waals surface area contributed by atoms with Gasteiger partial charge in [-0.3, -0.25) is 4.90 Å². The van der Waals surface area contributed by atoms with E-state index >= 15 is 0 Å². The molecule has 0 bridgehead atoms. The van der Waals surface area contributed by atoms with Crippen LogP contribution in [0.25, 0.3) is 0 Å². The number of nitrogens with zero attached hydrogens (tertiary/aromatic N) is 1. The van der Waals surface area contributed by atoms with Gasteiger partial charge in [-0.1, -0.05) is 188 Å². The van der Waals surface area contributed by atoms with Gasteiger partial charge < -0.3 is 9.90 Å². The van der Waals surface area contributed by atoms with Crippen molar-refractivity contribution in [2.45, 2.75) is 213 Å². The zero-order valence-electron chi connectivity index (χ0n) is 28.3. The first-order valence-corrected chi connectivity index (χ1v) is 18.1. The standard InChI is InChI=1S/C36H73NO2.K/c1-4-7-10-12-14-16-18-20-22-24-26-28-30-33-37(35(36(38)39)32-9-6-3)34-31-29-27-25-23-21-19-17-15-13-11-8-5-2;/h35H,4-34H2,1-3H3,(H,38,39);/q;+1/p-1. The fraction of sp³-hybridized carbons (Fsp3) is 0.972. The second kappa shape index (κ2) is 36.3. The van der Waals surface area contributed by atoms with E-state index in [1.165, 1.54) is 154 Å². The smallest absolute Gasteiger partial charge is 0.548 e. The Balaban J connectivity index is 0. The average molecular weight is 590 g/mol. The molecular formula is C36H72KNO2. The van der Waals surface area contributed by atoms with Crippen molar-refractivity contribution in [1.82, 2.24) is 4.90 Å². The molecule has 0 saturated heterocycles. The van der Waals surface area contributed by atoms with E-state index in [0.29, 0.717) is 0 Å². The number of unbranched alkanes of at least 4 members (excludes halogenated alkanes) is 25. The summed E-state index contributed by atoms with van der Waals surface area (Å²) in [6, 6.07) is -0.389. The summed E-state index contributed by atoms with van der Waals surface area (Å²) in [4.78, 5) is 14.2. The molecule has 0 amide bonds. The molecule has 0 fully saturated rings. The minimum absolute atomic E-state index is 0. The Morgan fingerprint density at radius 2 is 0.700 bits per heavy atom. The van der Waals surface area contributed by atoms with E-state index < -0.39 is 5.97 Å². The van der Waals surface area contributed by atoms with Gasteiger partial charge in [-0.15, -0.1) is 0 Å². The summed E-state index contributed by atoms with van der Waals surface area (Å²) in [6.07, 6.45) is 38.0. The van der Waals surface area contributed by atoms with E-state index in [9.17, 15) is 9.90 Å². The van der Waals surface area contributed by atoms with Crippen molar-refractivity contribution in [3.05, 3.63) is 0 Å². The molecule has 0 N–H and O–H groups in total. The predicted molar refractivity (Wildman–Crippen MR) is 171 cm³/mol. The molecule has 0 saturated carbocycles. The fourth-order valence-electron chi connectivity index (χ4n) is 5.94. The van der Waals surface area contributed by atoms with E-state index in [2.05, 4.69) is 25.7 Å². The Morgan fingerprint density at radius 3 is 0.950 bits per heavy atom. The van der Waals surface area contributed by atoms with Crippen molar-refractivity contribution in [3.63, 3.8) is 0 Å². The first kappa shape index (κ1) is 43.2. The summed E-state index contributed by atoms with van der Waals surface area (Å²) >= 11 is 0. The zero-order chi connectivity index (χ0) is 28.7. The van der Waals surface area contributed by atoms with Crippen LogP contribution in [-0.4, -0.2) is 30.0 Å². The summed E-state index contributed by atoms with van der Waals surface area (Å²) in [5.41, 5.74) is 0. The van der Waals surface area contributed by atoms with Gasteiger partial charge in [-0.05, 0) is 32.4 Å². The summed E-state index contributed by atoms with van der Waals surface area (Å²) in [5.74, 6) is -0.854. The second-order valence-corrected chi connectivity index (χ2v) is 12.5. The van der Waals surface area contributed by atoms with Crippen LogP contribution in [-0.2, 0) is 4.79 Å². The Kier molecular flexibility index (Phi) is 39.2. The largest absolute Gasteiger partial charge is 1.00 e. The summed E-state index contributed by atoms with van der Waals surface area (Å²) in [6.45, 7) is 8.57. The van der Waals surface area contributed by atoms with Gasteiger partial charge in [0.2, 0.25) is 0 Å². The number of carboxylic acid groups (broad SMARTS) is 1. The summed E-state index contributed by atoms with van der Waals surface area (Å²) < 4.78 is 0. The van der Waals surface area contributed by atoms with Crippen LogP contribution in [0.2, 0.25) is 0 Å².